The maximum Gasteiger partial charge on any atom is 0.318 e. The Kier molecular flexibility index (Phi) is 8.64. The number of hydrogen-bond acceptors (Lipinski definition) is 3. The molecule has 3 amide bonds. The molecule has 1 heterocycles. The van der Waals surface area contributed by atoms with Crippen molar-refractivity contribution in [3.8, 4) is 16.9 Å². The summed E-state index contributed by atoms with van der Waals surface area (Å²) in [4.78, 5) is 28.0. The van der Waals surface area contributed by atoms with E-state index in [4.69, 9.17) is 5.10 Å². The number of carbonyl (C=O) groups excluding carboxylic acids is 2. The first-order valence-electron chi connectivity index (χ1n) is 13.4. The fraction of sp³-hybridized carbons (Fsp3) is 0.433. The van der Waals surface area contributed by atoms with Gasteiger partial charge in [-0.1, -0.05) is 81.1 Å². The van der Waals surface area contributed by atoms with Gasteiger partial charge < -0.3 is 15.5 Å². The average molecular weight is 502 g/mol. The Morgan fingerprint density at radius 2 is 1.76 bits per heavy atom. The van der Waals surface area contributed by atoms with Crippen LogP contribution in [0.5, 0.6) is 0 Å². The Morgan fingerprint density at radius 1 is 1.03 bits per heavy atom. The van der Waals surface area contributed by atoms with Gasteiger partial charge in [-0.25, -0.2) is 9.48 Å². The van der Waals surface area contributed by atoms with E-state index in [1.807, 2.05) is 55.5 Å². The van der Waals surface area contributed by atoms with E-state index in [0.29, 0.717) is 12.4 Å². The van der Waals surface area contributed by atoms with Crippen molar-refractivity contribution in [3.63, 3.8) is 0 Å². The molecule has 1 aromatic heterocycles. The lowest BCUT2D eigenvalue weighted by Gasteiger charge is -2.29. The average Bonchev–Trinajstić information content (AvgIpc) is 3.27. The van der Waals surface area contributed by atoms with E-state index in [9.17, 15) is 9.59 Å². The molecule has 196 valence electrons. The van der Waals surface area contributed by atoms with Crippen LogP contribution < -0.4 is 10.6 Å². The third-order valence-corrected chi connectivity index (χ3v) is 6.77. The topological polar surface area (TPSA) is 79.3 Å². The van der Waals surface area contributed by atoms with Gasteiger partial charge in [-0.15, -0.1) is 0 Å². The molecule has 1 aliphatic rings. The Balaban J connectivity index is 1.56. The second-order valence-electron chi connectivity index (χ2n) is 10.6. The van der Waals surface area contributed by atoms with E-state index in [-0.39, 0.29) is 30.4 Å². The molecule has 0 saturated heterocycles. The first-order chi connectivity index (χ1) is 17.8. The number of aryl methyl sites for hydroxylation is 2. The largest absolute Gasteiger partial charge is 0.335 e. The van der Waals surface area contributed by atoms with Gasteiger partial charge in [0.1, 0.15) is 12.4 Å². The lowest BCUT2D eigenvalue weighted by molar-refractivity contribution is -0.116. The summed E-state index contributed by atoms with van der Waals surface area (Å²) in [5.41, 5.74) is 4.86. The van der Waals surface area contributed by atoms with Gasteiger partial charge in [-0.2, -0.15) is 5.10 Å². The summed E-state index contributed by atoms with van der Waals surface area (Å²) in [6.07, 6.45) is 5.52. The molecule has 37 heavy (non-hydrogen) atoms. The van der Waals surface area contributed by atoms with Crippen LogP contribution in [0.1, 0.15) is 57.1 Å². The van der Waals surface area contributed by atoms with Gasteiger partial charge in [-0.05, 0) is 44.2 Å². The van der Waals surface area contributed by atoms with E-state index in [0.717, 1.165) is 53.8 Å². The van der Waals surface area contributed by atoms with Crippen molar-refractivity contribution in [3.05, 3.63) is 65.7 Å². The van der Waals surface area contributed by atoms with Gasteiger partial charge in [0.2, 0.25) is 5.91 Å². The van der Waals surface area contributed by atoms with Crippen molar-refractivity contribution in [2.45, 2.75) is 65.8 Å². The maximum absolute atomic E-state index is 13.3. The van der Waals surface area contributed by atoms with Gasteiger partial charge in [-0.3, -0.25) is 4.79 Å². The molecule has 0 unspecified atom stereocenters. The molecule has 0 aliphatic heterocycles. The minimum Gasteiger partial charge on any atom is -0.335 e. The van der Waals surface area contributed by atoms with E-state index in [2.05, 4.69) is 37.5 Å². The molecular weight excluding hydrogens is 462 g/mol. The normalized spacial score (nSPS) is 14.0. The first kappa shape index (κ1) is 26.5. The van der Waals surface area contributed by atoms with Crippen LogP contribution in [0.25, 0.3) is 16.9 Å². The zero-order valence-electron chi connectivity index (χ0n) is 22.5. The zero-order valence-corrected chi connectivity index (χ0v) is 22.5. The summed E-state index contributed by atoms with van der Waals surface area (Å²) in [5, 5.41) is 11.0. The number of urea groups is 1. The summed E-state index contributed by atoms with van der Waals surface area (Å²) in [6, 6.07) is 18.0. The maximum atomic E-state index is 13.3. The van der Waals surface area contributed by atoms with Crippen LogP contribution in [-0.2, 0) is 4.79 Å². The fourth-order valence-corrected chi connectivity index (χ4v) is 4.98. The molecule has 0 radical (unpaired) electrons. The van der Waals surface area contributed by atoms with Gasteiger partial charge in [0, 0.05) is 24.2 Å². The van der Waals surface area contributed by atoms with Crippen molar-refractivity contribution in [1.82, 2.24) is 20.0 Å². The van der Waals surface area contributed by atoms with Crippen molar-refractivity contribution >= 4 is 17.8 Å². The Bertz CT molecular complexity index is 1210. The van der Waals surface area contributed by atoms with E-state index < -0.39 is 0 Å². The third-order valence-electron chi connectivity index (χ3n) is 6.77. The van der Waals surface area contributed by atoms with Crippen molar-refractivity contribution in [2.24, 2.45) is 5.92 Å². The number of benzene rings is 2. The SMILES string of the molecule is Cc1ccc(-n2nc(-c3ccccc3)cc2NC(=O)CN(CC(C)C)C(=O)NC2CCCCC2)c(C)c1. The molecule has 1 fully saturated rings. The molecule has 4 rings (SSSR count). The molecule has 0 bridgehead atoms. The predicted molar refractivity (Wildman–Crippen MR) is 149 cm³/mol. The number of nitrogens with zero attached hydrogens (tertiary/aromatic N) is 3. The van der Waals surface area contributed by atoms with Crippen LogP contribution in [0.2, 0.25) is 0 Å². The van der Waals surface area contributed by atoms with E-state index in [1.165, 1.54) is 6.42 Å². The highest BCUT2D eigenvalue weighted by atomic mass is 16.2. The van der Waals surface area contributed by atoms with Crippen LogP contribution in [0.4, 0.5) is 10.6 Å². The molecule has 3 aromatic rings. The third kappa shape index (κ3) is 7.00. The van der Waals surface area contributed by atoms with Gasteiger partial charge in [0.15, 0.2) is 0 Å². The van der Waals surface area contributed by atoms with Gasteiger partial charge >= 0.3 is 6.03 Å². The summed E-state index contributed by atoms with van der Waals surface area (Å²) >= 11 is 0. The molecule has 0 atom stereocenters. The molecule has 0 spiro atoms. The summed E-state index contributed by atoms with van der Waals surface area (Å²) in [7, 11) is 0. The minimum absolute atomic E-state index is 0.0184. The highest BCUT2D eigenvalue weighted by Gasteiger charge is 2.23. The lowest BCUT2D eigenvalue weighted by Crippen LogP contribution is -2.49. The summed E-state index contributed by atoms with van der Waals surface area (Å²) in [6.45, 7) is 8.70. The monoisotopic (exact) mass is 501 g/mol. The minimum atomic E-state index is -0.245. The standard InChI is InChI=1S/C30H39N5O2/c1-21(2)19-34(30(37)31-25-13-9-6-10-14-25)20-29(36)32-28-18-26(24-11-7-5-8-12-24)33-35(28)27-16-15-22(3)17-23(27)4/h5,7-8,11-12,15-18,21,25H,6,9-10,13-14,19-20H2,1-4H3,(H,31,37)(H,32,36). The fourth-order valence-electron chi connectivity index (χ4n) is 4.98. The number of amides is 3. The van der Waals surface area contributed by atoms with Crippen LogP contribution in [0.15, 0.2) is 54.6 Å². The van der Waals surface area contributed by atoms with Crippen LogP contribution in [-0.4, -0.2) is 45.8 Å². The number of nitrogens with one attached hydrogen (secondary N) is 2. The number of aromatic nitrogens is 2. The molecule has 2 aromatic carbocycles. The second-order valence-corrected chi connectivity index (χ2v) is 10.6. The predicted octanol–water partition coefficient (Wildman–Crippen LogP) is 6.09. The van der Waals surface area contributed by atoms with Crippen molar-refractivity contribution in [1.29, 1.82) is 0 Å². The Labute approximate surface area is 220 Å². The summed E-state index contributed by atoms with van der Waals surface area (Å²) in [5.74, 6) is 0.577. The number of anilines is 1. The van der Waals surface area contributed by atoms with E-state index in [1.54, 1.807) is 9.58 Å². The number of carbonyl (C=O) groups is 2. The number of rotatable bonds is 8. The summed E-state index contributed by atoms with van der Waals surface area (Å²) < 4.78 is 1.78. The molecule has 1 aliphatic carbocycles. The van der Waals surface area contributed by atoms with Crippen LogP contribution >= 0.6 is 0 Å². The quantitative estimate of drug-likeness (QED) is 0.392. The Morgan fingerprint density at radius 3 is 2.43 bits per heavy atom. The highest BCUT2D eigenvalue weighted by Crippen LogP contribution is 2.27. The van der Waals surface area contributed by atoms with Gasteiger partial charge in [0.05, 0.1) is 11.4 Å². The smallest absolute Gasteiger partial charge is 0.318 e. The van der Waals surface area contributed by atoms with E-state index >= 15 is 0 Å². The van der Waals surface area contributed by atoms with Crippen LogP contribution in [0, 0.1) is 19.8 Å². The molecule has 2 N–H and O–H groups in total. The Hall–Kier alpha value is -3.61. The molecular formula is C30H39N5O2. The van der Waals surface area contributed by atoms with Crippen molar-refractivity contribution in [2.75, 3.05) is 18.4 Å². The van der Waals surface area contributed by atoms with Crippen LogP contribution in [0.3, 0.4) is 0 Å². The zero-order chi connectivity index (χ0) is 26.4. The number of hydrogen-bond donors (Lipinski definition) is 2. The highest BCUT2D eigenvalue weighted by molar-refractivity contribution is 5.94. The second kappa shape index (κ2) is 12.1. The molecule has 7 nitrogen and oxygen atoms in total. The lowest BCUT2D eigenvalue weighted by atomic mass is 9.96. The molecule has 1 saturated carbocycles. The van der Waals surface area contributed by atoms with Crippen molar-refractivity contribution < 1.29 is 9.59 Å². The molecule has 7 heteroatoms. The first-order valence-corrected chi connectivity index (χ1v) is 13.4. The van der Waals surface area contributed by atoms with Gasteiger partial charge in [0.25, 0.3) is 0 Å².